The van der Waals surface area contributed by atoms with Gasteiger partial charge in [-0.3, -0.25) is 4.68 Å². The van der Waals surface area contributed by atoms with Crippen LogP contribution in [0.15, 0.2) is 42.6 Å². The topological polar surface area (TPSA) is 58.4 Å². The van der Waals surface area contributed by atoms with Crippen molar-refractivity contribution in [1.82, 2.24) is 14.7 Å². The van der Waals surface area contributed by atoms with Crippen molar-refractivity contribution in [2.75, 3.05) is 19.6 Å². The van der Waals surface area contributed by atoms with E-state index in [1.165, 1.54) is 5.56 Å². The monoisotopic (exact) mass is 369 g/mol. The average Bonchev–Trinajstić information content (AvgIpc) is 3.14. The number of aliphatic carboxylic acids is 1. The van der Waals surface area contributed by atoms with E-state index in [-0.39, 0.29) is 5.41 Å². The predicted octanol–water partition coefficient (Wildman–Crippen LogP) is 3.69. The first-order valence-electron chi connectivity index (χ1n) is 9.88. The molecule has 5 heteroatoms. The van der Waals surface area contributed by atoms with Gasteiger partial charge in [-0.15, -0.1) is 0 Å². The molecule has 0 spiro atoms. The molecule has 27 heavy (non-hydrogen) atoms. The summed E-state index contributed by atoms with van der Waals surface area (Å²) >= 11 is 0. The molecule has 1 saturated heterocycles. The molecule has 1 aliphatic heterocycles. The quantitative estimate of drug-likeness (QED) is 0.844. The number of aryl methyl sites for hydroxylation is 1. The molecule has 3 rings (SSSR count). The first kappa shape index (κ1) is 19.6. The molecule has 0 amide bonds. The van der Waals surface area contributed by atoms with Crippen LogP contribution in [0, 0.1) is 0 Å². The normalized spacial score (nSPS) is 17.7. The Hall–Kier alpha value is -2.14. The first-order valence-corrected chi connectivity index (χ1v) is 9.88. The van der Waals surface area contributed by atoms with E-state index in [9.17, 15) is 9.90 Å². The van der Waals surface area contributed by atoms with Crippen LogP contribution in [0.25, 0.3) is 0 Å². The third-order valence-electron chi connectivity index (χ3n) is 5.66. The van der Waals surface area contributed by atoms with E-state index >= 15 is 0 Å². The Balaban J connectivity index is 1.60. The molecular weight excluding hydrogens is 338 g/mol. The van der Waals surface area contributed by atoms with E-state index < -0.39 is 11.5 Å². The first-order chi connectivity index (χ1) is 12.8. The van der Waals surface area contributed by atoms with Gasteiger partial charge in [0.05, 0.1) is 5.69 Å². The van der Waals surface area contributed by atoms with Gasteiger partial charge in [0.25, 0.3) is 0 Å². The Morgan fingerprint density at radius 2 is 1.81 bits per heavy atom. The minimum atomic E-state index is -0.917. The maximum Gasteiger partial charge on any atom is 0.331 e. The maximum absolute atomic E-state index is 12.2. The summed E-state index contributed by atoms with van der Waals surface area (Å²) in [7, 11) is 0. The van der Waals surface area contributed by atoms with Gasteiger partial charge in [-0.05, 0) is 43.9 Å². The van der Waals surface area contributed by atoms with E-state index in [1.54, 1.807) is 4.68 Å². The van der Waals surface area contributed by atoms with E-state index in [0.29, 0.717) is 12.8 Å². The second-order valence-corrected chi connectivity index (χ2v) is 8.66. The molecule has 0 aliphatic carbocycles. The van der Waals surface area contributed by atoms with Crippen LogP contribution in [-0.2, 0) is 22.2 Å². The van der Waals surface area contributed by atoms with Gasteiger partial charge >= 0.3 is 5.97 Å². The molecule has 2 aromatic rings. The highest BCUT2D eigenvalue weighted by atomic mass is 16.4. The molecule has 2 heterocycles. The predicted molar refractivity (Wildman–Crippen MR) is 107 cm³/mol. The highest BCUT2D eigenvalue weighted by Crippen LogP contribution is 2.32. The van der Waals surface area contributed by atoms with Crippen LogP contribution in [0.2, 0.25) is 0 Å². The van der Waals surface area contributed by atoms with Crippen molar-refractivity contribution in [3.63, 3.8) is 0 Å². The summed E-state index contributed by atoms with van der Waals surface area (Å²) in [5, 5.41) is 14.6. The number of carboxylic acids is 1. The lowest BCUT2D eigenvalue weighted by molar-refractivity contribution is -0.151. The molecule has 0 atom stereocenters. The van der Waals surface area contributed by atoms with Crippen LogP contribution in [0.4, 0.5) is 0 Å². The molecule has 1 aromatic heterocycles. The second-order valence-electron chi connectivity index (χ2n) is 8.66. The summed E-state index contributed by atoms with van der Waals surface area (Å²) in [4.78, 5) is 14.5. The highest BCUT2D eigenvalue weighted by Gasteiger charge is 2.44. The van der Waals surface area contributed by atoms with Gasteiger partial charge in [0, 0.05) is 24.7 Å². The molecule has 0 unspecified atom stereocenters. The Morgan fingerprint density at radius 1 is 1.15 bits per heavy atom. The minimum absolute atomic E-state index is 0.0803. The lowest BCUT2D eigenvalue weighted by Gasteiger charge is -2.39. The number of rotatable bonds is 6. The van der Waals surface area contributed by atoms with Crippen LogP contribution in [0.3, 0.4) is 0 Å². The molecule has 1 fully saturated rings. The zero-order valence-corrected chi connectivity index (χ0v) is 16.7. The van der Waals surface area contributed by atoms with Gasteiger partial charge in [0.2, 0.25) is 0 Å². The van der Waals surface area contributed by atoms with E-state index in [0.717, 1.165) is 38.2 Å². The molecule has 0 bridgehead atoms. The summed E-state index contributed by atoms with van der Waals surface area (Å²) in [5.41, 5.74) is 1.30. The summed E-state index contributed by atoms with van der Waals surface area (Å²) in [6, 6.07) is 12.5. The van der Waals surface area contributed by atoms with Crippen LogP contribution < -0.4 is 0 Å². The molecular formula is C22H31N3O2. The van der Waals surface area contributed by atoms with Crippen molar-refractivity contribution < 1.29 is 9.90 Å². The number of likely N-dealkylation sites (tertiary alicyclic amines) is 1. The Bertz CT molecular complexity index is 753. The Morgan fingerprint density at radius 3 is 2.37 bits per heavy atom. The van der Waals surface area contributed by atoms with Gasteiger partial charge in [-0.1, -0.05) is 51.1 Å². The number of aromatic nitrogens is 2. The van der Waals surface area contributed by atoms with Gasteiger partial charge in [-0.2, -0.15) is 5.10 Å². The van der Waals surface area contributed by atoms with Crippen LogP contribution >= 0.6 is 0 Å². The van der Waals surface area contributed by atoms with Crippen molar-refractivity contribution in [3.05, 3.63) is 53.9 Å². The summed E-state index contributed by atoms with van der Waals surface area (Å²) in [6.07, 6.45) is 5.20. The maximum atomic E-state index is 12.2. The molecule has 0 saturated carbocycles. The number of benzene rings is 1. The summed E-state index contributed by atoms with van der Waals surface area (Å²) < 4.78 is 1.71. The summed E-state index contributed by atoms with van der Waals surface area (Å²) in [5.74, 6) is -0.769. The summed E-state index contributed by atoms with van der Waals surface area (Å²) in [6.45, 7) is 8.90. The zero-order valence-electron chi connectivity index (χ0n) is 16.7. The van der Waals surface area contributed by atoms with Crippen molar-refractivity contribution in [2.24, 2.45) is 0 Å². The van der Waals surface area contributed by atoms with Gasteiger partial charge in [-0.25, -0.2) is 4.79 Å². The van der Waals surface area contributed by atoms with E-state index in [4.69, 9.17) is 0 Å². The highest BCUT2D eigenvalue weighted by molar-refractivity contribution is 5.76. The largest absolute Gasteiger partial charge is 0.479 e. The number of carbonyl (C=O) groups is 1. The van der Waals surface area contributed by atoms with Crippen LogP contribution in [0.1, 0.15) is 51.3 Å². The third kappa shape index (κ3) is 4.41. The van der Waals surface area contributed by atoms with Gasteiger partial charge < -0.3 is 10.0 Å². The standard InChI is InChI=1S/C22H31N3O2/c1-21(2,3)19-11-15-25(23-19)22(20(26)27)12-16-24(17-13-22)14-7-10-18-8-5-4-6-9-18/h4-6,8-9,11,15H,7,10,12-14,16-17H2,1-3H3,(H,26,27). The lowest BCUT2D eigenvalue weighted by Crippen LogP contribution is -2.51. The number of piperidine rings is 1. The number of hydrogen-bond acceptors (Lipinski definition) is 3. The fourth-order valence-corrected chi connectivity index (χ4v) is 3.80. The van der Waals surface area contributed by atoms with Crippen LogP contribution in [-0.4, -0.2) is 45.4 Å². The second kappa shape index (κ2) is 7.85. The SMILES string of the molecule is CC(C)(C)c1ccn(C2(C(=O)O)CCN(CCCc3ccccc3)CC2)n1. The third-order valence-corrected chi connectivity index (χ3v) is 5.66. The molecule has 146 valence electrons. The Kier molecular flexibility index (Phi) is 5.70. The van der Waals surface area contributed by atoms with Crippen molar-refractivity contribution in [1.29, 1.82) is 0 Å². The van der Waals surface area contributed by atoms with E-state index in [2.05, 4.69) is 55.0 Å². The smallest absolute Gasteiger partial charge is 0.331 e. The fraction of sp³-hybridized carbons (Fsp3) is 0.545. The lowest BCUT2D eigenvalue weighted by atomic mass is 9.87. The van der Waals surface area contributed by atoms with Gasteiger partial charge in [0.15, 0.2) is 5.54 Å². The minimum Gasteiger partial charge on any atom is -0.479 e. The Labute approximate surface area is 162 Å². The average molecular weight is 370 g/mol. The molecule has 0 radical (unpaired) electrons. The van der Waals surface area contributed by atoms with Crippen molar-refractivity contribution >= 4 is 5.97 Å². The van der Waals surface area contributed by atoms with Gasteiger partial charge in [0.1, 0.15) is 0 Å². The zero-order chi connectivity index (χ0) is 19.5. The number of hydrogen-bond donors (Lipinski definition) is 1. The molecule has 1 N–H and O–H groups in total. The molecule has 5 nitrogen and oxygen atoms in total. The molecule has 1 aromatic carbocycles. The van der Waals surface area contributed by atoms with E-state index in [1.807, 2.05) is 18.3 Å². The van der Waals surface area contributed by atoms with Crippen LogP contribution in [0.5, 0.6) is 0 Å². The molecule has 1 aliphatic rings. The van der Waals surface area contributed by atoms with Crippen molar-refractivity contribution in [3.8, 4) is 0 Å². The fourth-order valence-electron chi connectivity index (χ4n) is 3.80. The van der Waals surface area contributed by atoms with Crippen molar-refractivity contribution in [2.45, 2.75) is 57.4 Å². The number of carboxylic acid groups (broad SMARTS) is 1. The number of nitrogens with zero attached hydrogens (tertiary/aromatic N) is 3.